The lowest BCUT2D eigenvalue weighted by Crippen LogP contribution is -2.22. The molecule has 0 aliphatic rings. The Bertz CT molecular complexity index is 497. The zero-order valence-electron chi connectivity index (χ0n) is 11.5. The van der Waals surface area contributed by atoms with Gasteiger partial charge in [-0.05, 0) is 11.6 Å². The second-order valence-electron chi connectivity index (χ2n) is 4.78. The summed E-state index contributed by atoms with van der Waals surface area (Å²) in [6, 6.07) is 16.4. The van der Waals surface area contributed by atoms with Gasteiger partial charge in [-0.3, -0.25) is 0 Å². The van der Waals surface area contributed by atoms with Gasteiger partial charge in [-0.25, -0.2) is 4.98 Å². The third kappa shape index (κ3) is 4.72. The summed E-state index contributed by atoms with van der Waals surface area (Å²) < 4.78 is 5.70. The van der Waals surface area contributed by atoms with Crippen LogP contribution in [0.5, 0.6) is 5.88 Å². The van der Waals surface area contributed by atoms with Crippen LogP contribution in [0.15, 0.2) is 48.5 Å². The molecule has 1 N–H and O–H groups in total. The maximum Gasteiger partial charge on any atom is 0.213 e. The van der Waals surface area contributed by atoms with Gasteiger partial charge in [0.2, 0.25) is 5.88 Å². The highest BCUT2D eigenvalue weighted by atomic mass is 16.5. The summed E-state index contributed by atoms with van der Waals surface area (Å²) in [7, 11) is 0. The molecule has 1 aromatic heterocycles. The Morgan fingerprint density at radius 1 is 1.05 bits per heavy atom. The quantitative estimate of drug-likeness (QED) is 0.862. The molecule has 0 radical (unpaired) electrons. The molecule has 19 heavy (non-hydrogen) atoms. The van der Waals surface area contributed by atoms with E-state index < -0.39 is 0 Å². The molecule has 2 aromatic rings. The van der Waals surface area contributed by atoms with Crippen LogP contribution >= 0.6 is 0 Å². The molecule has 0 aliphatic heterocycles. The Morgan fingerprint density at radius 2 is 1.84 bits per heavy atom. The number of benzene rings is 1. The van der Waals surface area contributed by atoms with Crippen molar-refractivity contribution in [1.82, 2.24) is 10.3 Å². The van der Waals surface area contributed by atoms with Gasteiger partial charge in [0.05, 0.1) is 5.69 Å². The van der Waals surface area contributed by atoms with E-state index in [0.29, 0.717) is 18.5 Å². The van der Waals surface area contributed by atoms with Crippen LogP contribution in [-0.2, 0) is 13.2 Å². The first kappa shape index (κ1) is 13.6. The highest BCUT2D eigenvalue weighted by Gasteiger charge is 2.00. The van der Waals surface area contributed by atoms with E-state index in [9.17, 15) is 0 Å². The molecule has 100 valence electrons. The van der Waals surface area contributed by atoms with Crippen LogP contribution < -0.4 is 10.1 Å². The average Bonchev–Trinajstić information content (AvgIpc) is 2.44. The second-order valence-corrected chi connectivity index (χ2v) is 4.78. The predicted molar refractivity (Wildman–Crippen MR) is 77.0 cm³/mol. The minimum Gasteiger partial charge on any atom is -0.473 e. The van der Waals surface area contributed by atoms with Crippen molar-refractivity contribution in [3.63, 3.8) is 0 Å². The van der Waals surface area contributed by atoms with Crippen molar-refractivity contribution >= 4 is 0 Å². The molecule has 0 unspecified atom stereocenters. The van der Waals surface area contributed by atoms with Crippen LogP contribution in [0, 0.1) is 0 Å². The molecule has 2 rings (SSSR count). The number of pyridine rings is 1. The summed E-state index contributed by atoms with van der Waals surface area (Å²) in [4.78, 5) is 4.48. The number of rotatable bonds is 6. The Balaban J connectivity index is 1.91. The zero-order valence-corrected chi connectivity index (χ0v) is 11.5. The van der Waals surface area contributed by atoms with Gasteiger partial charge in [0.1, 0.15) is 6.61 Å². The van der Waals surface area contributed by atoms with Gasteiger partial charge in [-0.15, -0.1) is 0 Å². The molecule has 3 nitrogen and oxygen atoms in total. The number of ether oxygens (including phenoxy) is 1. The Morgan fingerprint density at radius 3 is 2.58 bits per heavy atom. The van der Waals surface area contributed by atoms with E-state index in [2.05, 4.69) is 24.1 Å². The van der Waals surface area contributed by atoms with E-state index in [1.807, 2.05) is 48.5 Å². The molecule has 0 spiro atoms. The Kier molecular flexibility index (Phi) is 4.93. The van der Waals surface area contributed by atoms with Crippen molar-refractivity contribution < 1.29 is 4.74 Å². The van der Waals surface area contributed by atoms with Crippen molar-refractivity contribution in [2.24, 2.45) is 0 Å². The van der Waals surface area contributed by atoms with E-state index in [1.165, 1.54) is 0 Å². The molecule has 0 atom stereocenters. The highest BCUT2D eigenvalue weighted by molar-refractivity contribution is 5.18. The fourth-order valence-electron chi connectivity index (χ4n) is 1.68. The summed E-state index contributed by atoms with van der Waals surface area (Å²) >= 11 is 0. The summed E-state index contributed by atoms with van der Waals surface area (Å²) in [6.45, 7) is 5.56. The van der Waals surface area contributed by atoms with Crippen molar-refractivity contribution in [3.05, 3.63) is 59.8 Å². The molecule has 0 saturated heterocycles. The van der Waals surface area contributed by atoms with Gasteiger partial charge in [0.25, 0.3) is 0 Å². The molecule has 0 saturated carbocycles. The minimum atomic E-state index is 0.454. The van der Waals surface area contributed by atoms with Crippen LogP contribution in [0.3, 0.4) is 0 Å². The van der Waals surface area contributed by atoms with Crippen LogP contribution in [0.2, 0.25) is 0 Å². The number of hydrogen-bond donors (Lipinski definition) is 1. The fraction of sp³-hybridized carbons (Fsp3) is 0.312. The number of nitrogens with one attached hydrogen (secondary N) is 1. The lowest BCUT2D eigenvalue weighted by molar-refractivity contribution is 0.292. The molecule has 0 aliphatic carbocycles. The van der Waals surface area contributed by atoms with Crippen LogP contribution in [0.1, 0.15) is 25.1 Å². The van der Waals surface area contributed by atoms with Crippen molar-refractivity contribution in [2.75, 3.05) is 0 Å². The van der Waals surface area contributed by atoms with Crippen molar-refractivity contribution in [1.29, 1.82) is 0 Å². The summed E-state index contributed by atoms with van der Waals surface area (Å²) in [6.07, 6.45) is 0. The van der Waals surface area contributed by atoms with E-state index in [-0.39, 0.29) is 0 Å². The molecule has 1 heterocycles. The Hall–Kier alpha value is -1.87. The molecular weight excluding hydrogens is 236 g/mol. The summed E-state index contributed by atoms with van der Waals surface area (Å²) in [5, 5.41) is 3.34. The third-order valence-electron chi connectivity index (χ3n) is 2.70. The first-order chi connectivity index (χ1) is 9.24. The molecule has 1 aromatic carbocycles. The lowest BCUT2D eigenvalue weighted by Gasteiger charge is -2.09. The Labute approximate surface area is 114 Å². The maximum atomic E-state index is 5.70. The molecule has 3 heteroatoms. The smallest absolute Gasteiger partial charge is 0.213 e. The van der Waals surface area contributed by atoms with Crippen molar-refractivity contribution in [2.45, 2.75) is 33.0 Å². The largest absolute Gasteiger partial charge is 0.473 e. The van der Waals surface area contributed by atoms with Gasteiger partial charge < -0.3 is 10.1 Å². The van der Waals surface area contributed by atoms with Crippen LogP contribution in [-0.4, -0.2) is 11.0 Å². The van der Waals surface area contributed by atoms with E-state index in [4.69, 9.17) is 4.74 Å². The van der Waals surface area contributed by atoms with Gasteiger partial charge in [-0.2, -0.15) is 0 Å². The summed E-state index contributed by atoms with van der Waals surface area (Å²) in [5.74, 6) is 0.673. The molecule has 0 bridgehead atoms. The van der Waals surface area contributed by atoms with Gasteiger partial charge in [-0.1, -0.05) is 50.2 Å². The summed E-state index contributed by atoms with van der Waals surface area (Å²) in [5.41, 5.74) is 2.15. The molecular formula is C16H20N2O. The monoisotopic (exact) mass is 256 g/mol. The van der Waals surface area contributed by atoms with E-state index in [1.54, 1.807) is 0 Å². The lowest BCUT2D eigenvalue weighted by atomic mass is 10.2. The average molecular weight is 256 g/mol. The third-order valence-corrected chi connectivity index (χ3v) is 2.70. The fourth-order valence-corrected chi connectivity index (χ4v) is 1.68. The van der Waals surface area contributed by atoms with Crippen LogP contribution in [0.4, 0.5) is 0 Å². The zero-order chi connectivity index (χ0) is 13.5. The SMILES string of the molecule is CC(C)NCc1cccc(OCc2ccccc2)n1. The predicted octanol–water partition coefficient (Wildman–Crippen LogP) is 3.16. The van der Waals surface area contributed by atoms with E-state index in [0.717, 1.165) is 17.8 Å². The maximum absolute atomic E-state index is 5.70. The minimum absolute atomic E-state index is 0.454. The highest BCUT2D eigenvalue weighted by Crippen LogP contribution is 2.10. The topological polar surface area (TPSA) is 34.1 Å². The number of hydrogen-bond acceptors (Lipinski definition) is 3. The molecule has 0 amide bonds. The second kappa shape index (κ2) is 6.90. The van der Waals surface area contributed by atoms with Gasteiger partial charge in [0.15, 0.2) is 0 Å². The van der Waals surface area contributed by atoms with Gasteiger partial charge in [0, 0.05) is 18.7 Å². The van der Waals surface area contributed by atoms with Crippen molar-refractivity contribution in [3.8, 4) is 5.88 Å². The van der Waals surface area contributed by atoms with Gasteiger partial charge >= 0.3 is 0 Å². The molecule has 0 fully saturated rings. The van der Waals surface area contributed by atoms with Crippen LogP contribution in [0.25, 0.3) is 0 Å². The normalized spacial score (nSPS) is 10.7. The number of aromatic nitrogens is 1. The number of nitrogens with zero attached hydrogens (tertiary/aromatic N) is 1. The van der Waals surface area contributed by atoms with E-state index >= 15 is 0 Å². The first-order valence-electron chi connectivity index (χ1n) is 6.60. The standard InChI is InChI=1S/C16H20N2O/c1-13(2)17-11-15-9-6-10-16(18-15)19-12-14-7-4-3-5-8-14/h3-10,13,17H,11-12H2,1-2H3. The first-order valence-corrected chi connectivity index (χ1v) is 6.60.